The zero-order chi connectivity index (χ0) is 10.3. The van der Waals surface area contributed by atoms with Crippen molar-refractivity contribution in [3.63, 3.8) is 0 Å². The van der Waals surface area contributed by atoms with Gasteiger partial charge in [0.25, 0.3) is 0 Å². The lowest BCUT2D eigenvalue weighted by atomic mass is 10.2. The van der Waals surface area contributed by atoms with E-state index in [1.807, 2.05) is 0 Å². The highest BCUT2D eigenvalue weighted by Gasteiger charge is 2.49. The summed E-state index contributed by atoms with van der Waals surface area (Å²) in [5.74, 6) is 0.169. The number of hydrogen-bond donors (Lipinski definition) is 1. The molecule has 2 atom stereocenters. The summed E-state index contributed by atoms with van der Waals surface area (Å²) in [6, 6.07) is -0.0640. The summed E-state index contributed by atoms with van der Waals surface area (Å²) >= 11 is 0. The van der Waals surface area contributed by atoms with Crippen LogP contribution in [0.15, 0.2) is 0 Å². The lowest BCUT2D eigenvalue weighted by molar-refractivity contribution is -0.130. The van der Waals surface area contributed by atoms with Crippen LogP contribution in [0.25, 0.3) is 0 Å². The van der Waals surface area contributed by atoms with Gasteiger partial charge in [0.15, 0.2) is 9.84 Å². The minimum Gasteiger partial charge on any atom is -0.336 e. The molecule has 0 spiro atoms. The summed E-state index contributed by atoms with van der Waals surface area (Å²) in [4.78, 5) is 13.2. The van der Waals surface area contributed by atoms with E-state index in [-0.39, 0.29) is 23.0 Å². The van der Waals surface area contributed by atoms with Crippen LogP contribution in [0.3, 0.4) is 0 Å². The normalized spacial score (nSPS) is 33.6. The van der Waals surface area contributed by atoms with Crippen LogP contribution in [0.1, 0.15) is 6.42 Å². The van der Waals surface area contributed by atoms with Crippen molar-refractivity contribution in [3.05, 3.63) is 0 Å². The maximum absolute atomic E-state index is 11.5. The number of likely N-dealkylation sites (N-methyl/N-ethyl adjacent to an activating group) is 1. The quantitative estimate of drug-likeness (QED) is 0.619. The van der Waals surface area contributed by atoms with Crippen molar-refractivity contribution in [1.82, 2.24) is 10.2 Å². The summed E-state index contributed by atoms with van der Waals surface area (Å²) in [6.45, 7) is 0.691. The molecule has 80 valence electrons. The lowest BCUT2D eigenvalue weighted by Crippen LogP contribution is -2.46. The highest BCUT2D eigenvalue weighted by atomic mass is 32.2. The second-order valence-electron chi connectivity index (χ2n) is 3.92. The monoisotopic (exact) mass is 218 g/mol. The summed E-state index contributed by atoms with van der Waals surface area (Å²) in [5.41, 5.74) is 0. The molecule has 0 aromatic rings. The fraction of sp³-hybridized carbons (Fsp3) is 0.875. The van der Waals surface area contributed by atoms with Gasteiger partial charge >= 0.3 is 0 Å². The first-order chi connectivity index (χ1) is 6.54. The number of sulfone groups is 1. The Morgan fingerprint density at radius 1 is 1.57 bits per heavy atom. The molecule has 0 aromatic carbocycles. The summed E-state index contributed by atoms with van der Waals surface area (Å²) in [5, 5.41) is 2.49. The van der Waals surface area contributed by atoms with Crippen molar-refractivity contribution in [3.8, 4) is 0 Å². The topological polar surface area (TPSA) is 66.5 Å². The standard InChI is InChI=1S/C8H14N2O3S/c1-9-3-8(11)10-4-7-2-6(10)5-14(7,12)13/h6-7,9H,2-5H2,1H3. The lowest BCUT2D eigenvalue weighted by Gasteiger charge is -2.26. The molecule has 2 aliphatic heterocycles. The Hall–Kier alpha value is -0.620. The Bertz CT molecular complexity index is 352. The Morgan fingerprint density at radius 3 is 2.71 bits per heavy atom. The molecule has 6 heteroatoms. The average Bonchev–Trinajstić information content (AvgIpc) is 2.59. The molecule has 0 saturated carbocycles. The number of carbonyl (C=O) groups is 1. The van der Waals surface area contributed by atoms with Gasteiger partial charge in [0.1, 0.15) is 0 Å². The molecular weight excluding hydrogens is 204 g/mol. The van der Waals surface area contributed by atoms with E-state index in [1.165, 1.54) is 0 Å². The van der Waals surface area contributed by atoms with E-state index in [2.05, 4.69) is 5.32 Å². The molecule has 1 amide bonds. The minimum absolute atomic E-state index is 0.00917. The van der Waals surface area contributed by atoms with E-state index in [0.717, 1.165) is 0 Å². The predicted octanol–water partition coefficient (Wildman–Crippen LogP) is -1.40. The average molecular weight is 218 g/mol. The Kier molecular flexibility index (Phi) is 2.27. The van der Waals surface area contributed by atoms with Gasteiger partial charge in [-0.3, -0.25) is 4.79 Å². The van der Waals surface area contributed by atoms with E-state index in [4.69, 9.17) is 0 Å². The van der Waals surface area contributed by atoms with E-state index in [9.17, 15) is 13.2 Å². The van der Waals surface area contributed by atoms with Gasteiger partial charge in [-0.2, -0.15) is 0 Å². The zero-order valence-electron chi connectivity index (χ0n) is 8.06. The van der Waals surface area contributed by atoms with Crippen LogP contribution in [0, 0.1) is 0 Å². The number of carbonyl (C=O) groups excluding carboxylic acids is 1. The van der Waals surface area contributed by atoms with Gasteiger partial charge in [-0.25, -0.2) is 8.42 Å². The van der Waals surface area contributed by atoms with Crippen molar-refractivity contribution < 1.29 is 13.2 Å². The van der Waals surface area contributed by atoms with Crippen LogP contribution in [-0.2, 0) is 14.6 Å². The van der Waals surface area contributed by atoms with E-state index >= 15 is 0 Å². The fourth-order valence-corrected chi connectivity index (χ4v) is 4.28. The molecule has 0 aromatic heterocycles. The molecule has 2 rings (SSSR count). The van der Waals surface area contributed by atoms with Crippen molar-refractivity contribution in [1.29, 1.82) is 0 Å². The second kappa shape index (κ2) is 3.20. The Balaban J connectivity index is 2.07. The molecule has 1 N–H and O–H groups in total. The van der Waals surface area contributed by atoms with Crippen molar-refractivity contribution in [2.24, 2.45) is 0 Å². The summed E-state index contributed by atoms with van der Waals surface area (Å²) < 4.78 is 22.8. The third kappa shape index (κ3) is 1.42. The van der Waals surface area contributed by atoms with Crippen LogP contribution in [0.2, 0.25) is 0 Å². The van der Waals surface area contributed by atoms with Gasteiger partial charge in [-0.15, -0.1) is 0 Å². The predicted molar refractivity (Wildman–Crippen MR) is 51.6 cm³/mol. The highest BCUT2D eigenvalue weighted by molar-refractivity contribution is 7.92. The molecule has 2 bridgehead atoms. The largest absolute Gasteiger partial charge is 0.336 e. The van der Waals surface area contributed by atoms with Gasteiger partial charge in [0.2, 0.25) is 5.91 Å². The third-order valence-electron chi connectivity index (χ3n) is 2.96. The van der Waals surface area contributed by atoms with Crippen LogP contribution in [-0.4, -0.2) is 56.4 Å². The number of nitrogens with zero attached hydrogens (tertiary/aromatic N) is 1. The van der Waals surface area contributed by atoms with Crippen LogP contribution >= 0.6 is 0 Å². The molecular formula is C8H14N2O3S. The van der Waals surface area contributed by atoms with Crippen molar-refractivity contribution in [2.75, 3.05) is 25.9 Å². The second-order valence-corrected chi connectivity index (χ2v) is 6.24. The fourth-order valence-electron chi connectivity index (χ4n) is 2.25. The summed E-state index contributed by atoms with van der Waals surface area (Å²) in [7, 11) is -1.17. The van der Waals surface area contributed by atoms with Crippen molar-refractivity contribution >= 4 is 15.7 Å². The van der Waals surface area contributed by atoms with Crippen LogP contribution in [0.4, 0.5) is 0 Å². The van der Waals surface area contributed by atoms with E-state index in [0.29, 0.717) is 19.5 Å². The Labute approximate surface area is 83.4 Å². The number of rotatable bonds is 2. The van der Waals surface area contributed by atoms with E-state index < -0.39 is 9.84 Å². The maximum Gasteiger partial charge on any atom is 0.236 e. The maximum atomic E-state index is 11.5. The van der Waals surface area contributed by atoms with Gasteiger partial charge in [-0.05, 0) is 13.5 Å². The first-order valence-electron chi connectivity index (χ1n) is 4.70. The van der Waals surface area contributed by atoms with Crippen LogP contribution in [0.5, 0.6) is 0 Å². The first kappa shape index (κ1) is 9.92. The number of amides is 1. The molecule has 2 saturated heterocycles. The SMILES string of the molecule is CNCC(=O)N1CC2CC1CS2(=O)=O. The van der Waals surface area contributed by atoms with Gasteiger partial charge in [0.05, 0.1) is 17.5 Å². The molecule has 0 radical (unpaired) electrons. The highest BCUT2D eigenvalue weighted by Crippen LogP contribution is 2.32. The molecule has 0 aliphatic carbocycles. The molecule has 2 heterocycles. The van der Waals surface area contributed by atoms with Crippen LogP contribution < -0.4 is 5.32 Å². The number of likely N-dealkylation sites (tertiary alicyclic amines) is 1. The van der Waals surface area contributed by atoms with Gasteiger partial charge in [0, 0.05) is 12.6 Å². The zero-order valence-corrected chi connectivity index (χ0v) is 8.88. The molecule has 2 aliphatic rings. The molecule has 5 nitrogen and oxygen atoms in total. The van der Waals surface area contributed by atoms with Gasteiger partial charge in [-0.1, -0.05) is 0 Å². The van der Waals surface area contributed by atoms with Crippen molar-refractivity contribution in [2.45, 2.75) is 17.7 Å². The first-order valence-corrected chi connectivity index (χ1v) is 6.42. The molecule has 2 fully saturated rings. The minimum atomic E-state index is -2.88. The van der Waals surface area contributed by atoms with E-state index in [1.54, 1.807) is 11.9 Å². The number of nitrogens with one attached hydrogen (secondary N) is 1. The smallest absolute Gasteiger partial charge is 0.236 e. The molecule has 14 heavy (non-hydrogen) atoms. The van der Waals surface area contributed by atoms with Gasteiger partial charge < -0.3 is 10.2 Å². The number of fused-ring (bicyclic) bond motifs is 2. The summed E-state index contributed by atoms with van der Waals surface area (Å²) in [6.07, 6.45) is 0.637. The Morgan fingerprint density at radius 2 is 2.29 bits per heavy atom. The number of hydrogen-bond acceptors (Lipinski definition) is 4. The molecule has 2 unspecified atom stereocenters. The third-order valence-corrected chi connectivity index (χ3v) is 5.16.